The first-order chi connectivity index (χ1) is 5.84. The maximum absolute atomic E-state index is 10.9. The van der Waals surface area contributed by atoms with Crippen LogP contribution in [0.5, 0.6) is 0 Å². The molecular formula is C10H21NO2. The Morgan fingerprint density at radius 3 is 2.00 bits per heavy atom. The molecule has 0 radical (unpaired) electrons. The van der Waals surface area contributed by atoms with Crippen LogP contribution >= 0.6 is 0 Å². The molecule has 0 saturated carbocycles. The zero-order valence-corrected chi connectivity index (χ0v) is 9.22. The van der Waals surface area contributed by atoms with Gasteiger partial charge in [-0.05, 0) is 18.9 Å². The minimum Gasteiger partial charge on any atom is -0.481 e. The summed E-state index contributed by atoms with van der Waals surface area (Å²) in [5.41, 5.74) is -0.0200. The van der Waals surface area contributed by atoms with Gasteiger partial charge >= 0.3 is 5.97 Å². The first-order valence-corrected chi connectivity index (χ1v) is 4.74. The second-order valence-corrected chi connectivity index (χ2v) is 4.49. The average molecular weight is 187 g/mol. The molecule has 0 aromatic carbocycles. The van der Waals surface area contributed by atoms with Gasteiger partial charge in [-0.2, -0.15) is 0 Å². The Hall–Kier alpha value is -0.570. The first kappa shape index (κ1) is 12.4. The topological polar surface area (TPSA) is 49.3 Å². The summed E-state index contributed by atoms with van der Waals surface area (Å²) in [5, 5.41) is 12.1. The molecule has 0 aromatic heterocycles. The van der Waals surface area contributed by atoms with Crippen LogP contribution < -0.4 is 5.32 Å². The van der Waals surface area contributed by atoms with Crippen molar-refractivity contribution < 1.29 is 9.90 Å². The van der Waals surface area contributed by atoms with Gasteiger partial charge in [-0.3, -0.25) is 4.79 Å². The maximum Gasteiger partial charge on any atom is 0.308 e. The lowest BCUT2D eigenvalue weighted by Gasteiger charge is -2.34. The van der Waals surface area contributed by atoms with Crippen molar-refractivity contribution in [1.82, 2.24) is 5.32 Å². The van der Waals surface area contributed by atoms with E-state index in [-0.39, 0.29) is 17.4 Å². The standard InChI is InChI=1S/C10H21NO2/c1-6-7(9(12)13)8(11-5)10(2,3)4/h7-8,11H,6H2,1-5H3,(H,12,13). The van der Waals surface area contributed by atoms with Gasteiger partial charge in [0.25, 0.3) is 0 Å². The third-order valence-electron chi connectivity index (χ3n) is 2.40. The van der Waals surface area contributed by atoms with Crippen LogP contribution in [0.4, 0.5) is 0 Å². The van der Waals surface area contributed by atoms with Gasteiger partial charge < -0.3 is 10.4 Å². The fraction of sp³-hybridized carbons (Fsp3) is 0.900. The summed E-state index contributed by atoms with van der Waals surface area (Å²) in [6.07, 6.45) is 0.665. The maximum atomic E-state index is 10.9. The van der Waals surface area contributed by atoms with Crippen LogP contribution in [0.25, 0.3) is 0 Å². The lowest BCUT2D eigenvalue weighted by atomic mass is 9.78. The SMILES string of the molecule is CCC(C(=O)O)C(NC)C(C)(C)C. The molecule has 0 spiro atoms. The Balaban J connectivity index is 4.63. The van der Waals surface area contributed by atoms with E-state index in [9.17, 15) is 4.79 Å². The summed E-state index contributed by atoms with van der Waals surface area (Å²) in [6, 6.07) is 0.0231. The molecule has 0 bridgehead atoms. The van der Waals surface area contributed by atoms with Crippen molar-refractivity contribution in [3.63, 3.8) is 0 Å². The van der Waals surface area contributed by atoms with E-state index in [2.05, 4.69) is 26.1 Å². The average Bonchev–Trinajstić information content (AvgIpc) is 1.96. The van der Waals surface area contributed by atoms with Gasteiger partial charge in [-0.1, -0.05) is 27.7 Å². The Morgan fingerprint density at radius 1 is 1.46 bits per heavy atom. The van der Waals surface area contributed by atoms with Gasteiger partial charge in [0.2, 0.25) is 0 Å². The lowest BCUT2D eigenvalue weighted by Crippen LogP contribution is -2.46. The van der Waals surface area contributed by atoms with E-state index in [4.69, 9.17) is 5.11 Å². The Labute approximate surface area is 80.5 Å². The highest BCUT2D eigenvalue weighted by Crippen LogP contribution is 2.26. The highest BCUT2D eigenvalue weighted by atomic mass is 16.4. The molecule has 0 amide bonds. The molecule has 0 aromatic rings. The zero-order valence-electron chi connectivity index (χ0n) is 9.22. The molecule has 0 heterocycles. The number of hydrogen-bond acceptors (Lipinski definition) is 2. The van der Waals surface area contributed by atoms with Crippen molar-refractivity contribution in [2.24, 2.45) is 11.3 Å². The number of aliphatic carboxylic acids is 1. The molecule has 0 aliphatic rings. The molecule has 78 valence electrons. The van der Waals surface area contributed by atoms with E-state index in [0.29, 0.717) is 6.42 Å². The number of hydrogen-bond donors (Lipinski definition) is 2. The number of nitrogens with one attached hydrogen (secondary N) is 1. The highest BCUT2D eigenvalue weighted by Gasteiger charge is 2.34. The summed E-state index contributed by atoms with van der Waals surface area (Å²) in [5.74, 6) is -1.01. The summed E-state index contributed by atoms with van der Waals surface area (Å²) in [6.45, 7) is 8.08. The van der Waals surface area contributed by atoms with Crippen molar-refractivity contribution in [1.29, 1.82) is 0 Å². The monoisotopic (exact) mass is 187 g/mol. The van der Waals surface area contributed by atoms with Crippen molar-refractivity contribution in [2.75, 3.05) is 7.05 Å². The Morgan fingerprint density at radius 2 is 1.92 bits per heavy atom. The van der Waals surface area contributed by atoms with Crippen LogP contribution in [0, 0.1) is 11.3 Å². The molecule has 2 unspecified atom stereocenters. The fourth-order valence-corrected chi connectivity index (χ4v) is 1.79. The molecule has 2 N–H and O–H groups in total. The Bertz CT molecular complexity index is 172. The number of carbonyl (C=O) groups is 1. The van der Waals surface area contributed by atoms with Crippen LogP contribution in [0.3, 0.4) is 0 Å². The number of carboxylic acid groups (broad SMARTS) is 1. The predicted molar refractivity (Wildman–Crippen MR) is 53.7 cm³/mol. The van der Waals surface area contributed by atoms with Crippen LogP contribution in [-0.2, 0) is 4.79 Å². The van der Waals surface area contributed by atoms with Gasteiger partial charge in [0, 0.05) is 6.04 Å². The smallest absolute Gasteiger partial charge is 0.308 e. The van der Waals surface area contributed by atoms with Crippen molar-refractivity contribution in [2.45, 2.75) is 40.2 Å². The second kappa shape index (κ2) is 4.61. The van der Waals surface area contributed by atoms with Gasteiger partial charge in [-0.25, -0.2) is 0 Å². The molecule has 2 atom stereocenters. The summed E-state index contributed by atoms with van der Waals surface area (Å²) in [7, 11) is 1.82. The van der Waals surface area contributed by atoms with Crippen molar-refractivity contribution >= 4 is 5.97 Å². The van der Waals surface area contributed by atoms with E-state index >= 15 is 0 Å². The molecule has 0 fully saturated rings. The molecular weight excluding hydrogens is 166 g/mol. The zero-order chi connectivity index (χ0) is 10.6. The molecule has 3 heteroatoms. The van der Waals surface area contributed by atoms with E-state index in [1.54, 1.807) is 0 Å². The lowest BCUT2D eigenvalue weighted by molar-refractivity contribution is -0.144. The minimum absolute atomic E-state index is 0.0200. The third-order valence-corrected chi connectivity index (χ3v) is 2.40. The number of rotatable bonds is 4. The van der Waals surface area contributed by atoms with Gasteiger partial charge in [-0.15, -0.1) is 0 Å². The molecule has 13 heavy (non-hydrogen) atoms. The van der Waals surface area contributed by atoms with Gasteiger partial charge in [0.05, 0.1) is 5.92 Å². The predicted octanol–water partition coefficient (Wildman–Crippen LogP) is 1.73. The van der Waals surface area contributed by atoms with E-state index in [1.165, 1.54) is 0 Å². The van der Waals surface area contributed by atoms with Crippen LogP contribution in [-0.4, -0.2) is 24.2 Å². The van der Waals surface area contributed by atoms with Gasteiger partial charge in [0.15, 0.2) is 0 Å². The van der Waals surface area contributed by atoms with E-state index < -0.39 is 5.97 Å². The first-order valence-electron chi connectivity index (χ1n) is 4.74. The summed E-state index contributed by atoms with van der Waals surface area (Å²) in [4.78, 5) is 10.9. The van der Waals surface area contributed by atoms with Crippen LogP contribution in [0.2, 0.25) is 0 Å². The fourth-order valence-electron chi connectivity index (χ4n) is 1.79. The molecule has 0 saturated heterocycles. The van der Waals surface area contributed by atoms with Crippen LogP contribution in [0.1, 0.15) is 34.1 Å². The largest absolute Gasteiger partial charge is 0.481 e. The second-order valence-electron chi connectivity index (χ2n) is 4.49. The van der Waals surface area contributed by atoms with Crippen molar-refractivity contribution in [3.8, 4) is 0 Å². The van der Waals surface area contributed by atoms with E-state index in [1.807, 2.05) is 14.0 Å². The highest BCUT2D eigenvalue weighted by molar-refractivity contribution is 5.71. The quantitative estimate of drug-likeness (QED) is 0.704. The third kappa shape index (κ3) is 3.35. The molecule has 0 rings (SSSR count). The van der Waals surface area contributed by atoms with Crippen molar-refractivity contribution in [3.05, 3.63) is 0 Å². The summed E-state index contributed by atoms with van der Waals surface area (Å²) >= 11 is 0. The normalized spacial score (nSPS) is 16.7. The van der Waals surface area contributed by atoms with E-state index in [0.717, 1.165) is 0 Å². The number of carboxylic acids is 1. The summed E-state index contributed by atoms with van der Waals surface area (Å²) < 4.78 is 0. The minimum atomic E-state index is -0.711. The van der Waals surface area contributed by atoms with Gasteiger partial charge in [0.1, 0.15) is 0 Å². The molecule has 0 aliphatic heterocycles. The molecule has 0 aliphatic carbocycles. The van der Waals surface area contributed by atoms with Crippen LogP contribution in [0.15, 0.2) is 0 Å². The Kier molecular flexibility index (Phi) is 4.40. The molecule has 3 nitrogen and oxygen atoms in total.